The van der Waals surface area contributed by atoms with Gasteiger partial charge in [-0.15, -0.1) is 0 Å². The summed E-state index contributed by atoms with van der Waals surface area (Å²) in [5, 5.41) is 3.41. The van der Waals surface area contributed by atoms with Gasteiger partial charge in [-0.1, -0.05) is 84.4 Å². The Labute approximate surface area is 277 Å². The molecule has 0 saturated heterocycles. The number of carbonyl (C=O) groups excluding carboxylic acids is 2. The summed E-state index contributed by atoms with van der Waals surface area (Å²) < 4.78 is 35.4. The van der Waals surface area contributed by atoms with Gasteiger partial charge in [-0.25, -0.2) is 8.42 Å². The molecule has 0 spiro atoms. The number of hydrogen-bond acceptors (Lipinski definition) is 5. The first-order valence-corrected chi connectivity index (χ1v) is 16.9. The summed E-state index contributed by atoms with van der Waals surface area (Å²) in [7, 11) is -4.30. The molecular formula is C36H40ClN3O5S. The molecule has 4 aromatic rings. The van der Waals surface area contributed by atoms with Gasteiger partial charge in [0.25, 0.3) is 10.0 Å². The number of amides is 2. The van der Waals surface area contributed by atoms with Gasteiger partial charge in [0.05, 0.1) is 17.2 Å². The summed E-state index contributed by atoms with van der Waals surface area (Å²) in [5.74, 6) is -0.601. The van der Waals surface area contributed by atoms with Crippen molar-refractivity contribution < 1.29 is 22.7 Å². The second kappa shape index (κ2) is 15.3. The zero-order valence-electron chi connectivity index (χ0n) is 26.5. The van der Waals surface area contributed by atoms with E-state index in [9.17, 15) is 18.0 Å². The second-order valence-corrected chi connectivity index (χ2v) is 14.1. The van der Waals surface area contributed by atoms with E-state index in [0.29, 0.717) is 10.8 Å². The fourth-order valence-corrected chi connectivity index (χ4v) is 6.53. The van der Waals surface area contributed by atoms with Gasteiger partial charge in [0.15, 0.2) is 0 Å². The van der Waals surface area contributed by atoms with Crippen molar-refractivity contribution in [3.05, 3.63) is 125 Å². The van der Waals surface area contributed by atoms with Gasteiger partial charge < -0.3 is 15.0 Å². The van der Waals surface area contributed by atoms with Crippen molar-refractivity contribution in [2.24, 2.45) is 0 Å². The molecule has 0 aliphatic heterocycles. The molecule has 0 radical (unpaired) electrons. The lowest BCUT2D eigenvalue weighted by Crippen LogP contribution is -2.56. The van der Waals surface area contributed by atoms with Gasteiger partial charge in [-0.2, -0.15) is 0 Å². The highest BCUT2D eigenvalue weighted by Gasteiger charge is 2.36. The second-order valence-electron chi connectivity index (χ2n) is 11.8. The molecule has 8 nitrogen and oxygen atoms in total. The van der Waals surface area contributed by atoms with Gasteiger partial charge >= 0.3 is 0 Å². The number of halogens is 1. The van der Waals surface area contributed by atoms with Crippen LogP contribution in [-0.4, -0.2) is 49.9 Å². The molecule has 1 N–H and O–H groups in total. The van der Waals surface area contributed by atoms with E-state index in [1.54, 1.807) is 31.2 Å². The zero-order chi connectivity index (χ0) is 33.3. The highest BCUT2D eigenvalue weighted by molar-refractivity contribution is 7.92. The van der Waals surface area contributed by atoms with E-state index in [1.807, 2.05) is 81.4 Å². The van der Waals surface area contributed by atoms with E-state index in [1.165, 1.54) is 29.2 Å². The van der Waals surface area contributed by atoms with Gasteiger partial charge in [0, 0.05) is 23.5 Å². The highest BCUT2D eigenvalue weighted by Crippen LogP contribution is 2.33. The Bertz CT molecular complexity index is 1710. The Balaban J connectivity index is 1.84. The van der Waals surface area contributed by atoms with Gasteiger partial charge in [-0.3, -0.25) is 13.9 Å². The SMILES string of the molecule is CCOc1ccccc1N(CC(=O)N(Cc1ccccc1)[C@@H](Cc1ccccc1)C(=O)NC(C)(C)C)S(=O)(=O)c1ccc(Cl)cc1. The van der Waals surface area contributed by atoms with Crippen LogP contribution < -0.4 is 14.4 Å². The summed E-state index contributed by atoms with van der Waals surface area (Å²) in [6.07, 6.45) is 0.223. The molecule has 0 aromatic heterocycles. The normalized spacial score (nSPS) is 12.2. The lowest BCUT2D eigenvalue weighted by atomic mass is 10.0. The molecule has 0 saturated carbocycles. The molecule has 0 heterocycles. The van der Waals surface area contributed by atoms with Crippen molar-refractivity contribution >= 4 is 39.1 Å². The predicted molar refractivity (Wildman–Crippen MR) is 182 cm³/mol. The first kappa shape index (κ1) is 34.5. The van der Waals surface area contributed by atoms with Crippen LogP contribution in [0.5, 0.6) is 5.75 Å². The quantitative estimate of drug-likeness (QED) is 0.177. The molecule has 2 amide bonds. The van der Waals surface area contributed by atoms with E-state index in [2.05, 4.69) is 5.32 Å². The summed E-state index contributed by atoms with van der Waals surface area (Å²) in [6.45, 7) is 7.19. The molecule has 242 valence electrons. The van der Waals surface area contributed by atoms with Crippen molar-refractivity contribution in [1.29, 1.82) is 0 Å². The van der Waals surface area contributed by atoms with E-state index < -0.39 is 34.1 Å². The maximum Gasteiger partial charge on any atom is 0.264 e. The van der Waals surface area contributed by atoms with Gasteiger partial charge in [0.1, 0.15) is 18.3 Å². The largest absolute Gasteiger partial charge is 0.492 e. The van der Waals surface area contributed by atoms with Crippen LogP contribution in [0.4, 0.5) is 5.69 Å². The van der Waals surface area contributed by atoms with E-state index in [0.717, 1.165) is 15.4 Å². The number of nitrogens with zero attached hydrogens (tertiary/aromatic N) is 2. The predicted octanol–water partition coefficient (Wildman–Crippen LogP) is 6.49. The van der Waals surface area contributed by atoms with E-state index in [-0.39, 0.29) is 36.1 Å². The first-order chi connectivity index (χ1) is 21.9. The van der Waals surface area contributed by atoms with E-state index >= 15 is 0 Å². The van der Waals surface area contributed by atoms with Crippen LogP contribution >= 0.6 is 11.6 Å². The van der Waals surface area contributed by atoms with Crippen LogP contribution in [0.3, 0.4) is 0 Å². The lowest BCUT2D eigenvalue weighted by Gasteiger charge is -2.35. The summed E-state index contributed by atoms with van der Waals surface area (Å²) in [5.41, 5.74) is 1.27. The van der Waals surface area contributed by atoms with Gasteiger partial charge in [0.2, 0.25) is 11.8 Å². The molecule has 0 unspecified atom stereocenters. The number of benzene rings is 4. The van der Waals surface area contributed by atoms with Gasteiger partial charge in [-0.05, 0) is 75.2 Å². The molecule has 0 bridgehead atoms. The molecule has 46 heavy (non-hydrogen) atoms. The Morgan fingerprint density at radius 2 is 1.39 bits per heavy atom. The average Bonchev–Trinajstić information content (AvgIpc) is 3.02. The van der Waals surface area contributed by atoms with Crippen LogP contribution in [0.1, 0.15) is 38.8 Å². The number of anilines is 1. The number of ether oxygens (including phenoxy) is 1. The summed E-state index contributed by atoms with van der Waals surface area (Å²) in [6, 6.07) is 30.3. The number of carbonyl (C=O) groups is 2. The molecule has 0 aliphatic rings. The fraction of sp³-hybridized carbons (Fsp3) is 0.278. The smallest absolute Gasteiger partial charge is 0.264 e. The Morgan fingerprint density at radius 3 is 1.98 bits per heavy atom. The minimum Gasteiger partial charge on any atom is -0.492 e. The van der Waals surface area contributed by atoms with Crippen LogP contribution in [-0.2, 0) is 32.6 Å². The maximum absolute atomic E-state index is 14.6. The monoisotopic (exact) mass is 661 g/mol. The molecule has 4 rings (SSSR count). The molecule has 0 aliphatic carbocycles. The van der Waals surface area contributed by atoms with Crippen LogP contribution in [0.15, 0.2) is 114 Å². The van der Waals surface area contributed by atoms with Crippen molar-refractivity contribution in [1.82, 2.24) is 10.2 Å². The topological polar surface area (TPSA) is 96.0 Å². The molecule has 1 atom stereocenters. The average molecular weight is 662 g/mol. The Kier molecular flexibility index (Phi) is 11.5. The Hall–Kier alpha value is -4.34. The number of nitrogens with one attached hydrogen (secondary N) is 1. The molecule has 4 aromatic carbocycles. The number of sulfonamides is 1. The minimum absolute atomic E-state index is 0.0445. The minimum atomic E-state index is -4.30. The molecular weight excluding hydrogens is 622 g/mol. The summed E-state index contributed by atoms with van der Waals surface area (Å²) in [4.78, 5) is 30.0. The lowest BCUT2D eigenvalue weighted by molar-refractivity contribution is -0.140. The Morgan fingerprint density at radius 1 is 0.826 bits per heavy atom. The number of hydrogen-bond donors (Lipinski definition) is 1. The first-order valence-electron chi connectivity index (χ1n) is 15.1. The van der Waals surface area contributed by atoms with E-state index in [4.69, 9.17) is 16.3 Å². The van der Waals surface area contributed by atoms with Crippen molar-refractivity contribution in [2.45, 2.75) is 57.1 Å². The zero-order valence-corrected chi connectivity index (χ0v) is 28.1. The maximum atomic E-state index is 14.6. The third-order valence-electron chi connectivity index (χ3n) is 7.08. The standard InChI is InChI=1S/C36H40ClN3O5S/c1-5-45-33-19-13-12-18-31(33)40(46(43,44)30-22-20-29(37)21-23-30)26-34(41)39(25-28-16-10-7-11-17-28)32(35(42)38-36(2,3)4)24-27-14-8-6-9-15-27/h6-23,32H,5,24-26H2,1-4H3,(H,38,42)/t32-/m0/s1. The van der Waals surface area contributed by atoms with Crippen LogP contribution in [0.25, 0.3) is 0 Å². The molecule has 0 fully saturated rings. The van der Waals surface area contributed by atoms with Crippen LogP contribution in [0, 0.1) is 0 Å². The third kappa shape index (κ3) is 9.11. The third-order valence-corrected chi connectivity index (χ3v) is 9.11. The summed E-state index contributed by atoms with van der Waals surface area (Å²) >= 11 is 6.08. The molecule has 10 heteroatoms. The number of rotatable bonds is 13. The van der Waals surface area contributed by atoms with Crippen LogP contribution in [0.2, 0.25) is 5.02 Å². The van der Waals surface area contributed by atoms with Crippen molar-refractivity contribution in [2.75, 3.05) is 17.5 Å². The highest BCUT2D eigenvalue weighted by atomic mass is 35.5. The van der Waals surface area contributed by atoms with Crippen molar-refractivity contribution in [3.63, 3.8) is 0 Å². The number of para-hydroxylation sites is 2. The van der Waals surface area contributed by atoms with Crippen molar-refractivity contribution in [3.8, 4) is 5.75 Å². The fourth-order valence-electron chi connectivity index (χ4n) is 4.97.